The normalized spacial score (nSPS) is 19.1. The summed E-state index contributed by atoms with van der Waals surface area (Å²) >= 11 is 0. The Kier molecular flexibility index (Phi) is 7.57. The summed E-state index contributed by atoms with van der Waals surface area (Å²) in [5, 5.41) is 10.5. The van der Waals surface area contributed by atoms with Gasteiger partial charge in [-0.25, -0.2) is 9.97 Å². The average Bonchev–Trinajstić information content (AvgIpc) is 3.34. The molecular formula is C26H34N6O2. The number of aromatic nitrogens is 3. The van der Waals surface area contributed by atoms with E-state index in [9.17, 15) is 4.79 Å². The zero-order valence-electron chi connectivity index (χ0n) is 20.2. The number of hydrogen-bond acceptors (Lipinski definition) is 7. The van der Waals surface area contributed by atoms with Crippen LogP contribution in [0.15, 0.2) is 41.1 Å². The number of anilines is 1. The first kappa shape index (κ1) is 23.9. The van der Waals surface area contributed by atoms with Gasteiger partial charge in [-0.05, 0) is 31.4 Å². The first-order chi connectivity index (χ1) is 16.5. The van der Waals surface area contributed by atoms with E-state index in [0.29, 0.717) is 35.4 Å². The summed E-state index contributed by atoms with van der Waals surface area (Å²) < 4.78 is 5.62. The molecule has 0 aliphatic carbocycles. The Labute approximate surface area is 200 Å². The molecule has 3 heterocycles. The van der Waals surface area contributed by atoms with Crippen molar-refractivity contribution in [2.75, 3.05) is 19.3 Å². The zero-order chi connectivity index (χ0) is 24.1. The van der Waals surface area contributed by atoms with Gasteiger partial charge in [0.25, 0.3) is 0 Å². The van der Waals surface area contributed by atoms with E-state index < -0.39 is 0 Å². The van der Waals surface area contributed by atoms with Crippen molar-refractivity contribution >= 4 is 11.7 Å². The lowest BCUT2D eigenvalue weighted by molar-refractivity contribution is -0.129. The fourth-order valence-corrected chi connectivity index (χ4v) is 4.85. The molecular weight excluding hydrogens is 428 g/mol. The van der Waals surface area contributed by atoms with Crippen LogP contribution in [-0.2, 0) is 11.3 Å². The molecule has 0 saturated carbocycles. The Bertz CT molecular complexity index is 1110. The SMILES string of the molecule is CCCC(CC)C1CC(c2cnc(N)c(-c3cc(-c4ccc(CNC)cc4)no3)n2)CNC1=O. The van der Waals surface area contributed by atoms with E-state index in [1.807, 2.05) is 25.2 Å². The van der Waals surface area contributed by atoms with Gasteiger partial charge >= 0.3 is 0 Å². The number of nitrogens with zero attached hydrogens (tertiary/aromatic N) is 3. The number of benzene rings is 1. The second kappa shape index (κ2) is 10.8. The van der Waals surface area contributed by atoms with Crippen molar-refractivity contribution in [1.82, 2.24) is 25.8 Å². The second-order valence-electron chi connectivity index (χ2n) is 9.07. The maximum Gasteiger partial charge on any atom is 0.223 e. The van der Waals surface area contributed by atoms with Gasteiger partial charge in [-0.3, -0.25) is 4.79 Å². The van der Waals surface area contributed by atoms with E-state index in [1.54, 1.807) is 6.20 Å². The Morgan fingerprint density at radius 2 is 2.06 bits per heavy atom. The monoisotopic (exact) mass is 462 g/mol. The average molecular weight is 463 g/mol. The molecule has 34 heavy (non-hydrogen) atoms. The van der Waals surface area contributed by atoms with Crippen molar-refractivity contribution in [1.29, 1.82) is 0 Å². The van der Waals surface area contributed by atoms with E-state index in [2.05, 4.69) is 46.8 Å². The molecule has 0 spiro atoms. The standard InChI is InChI=1S/C26H34N6O2/c1-4-6-17(5-2)20-11-19(14-30-26(20)33)22-15-29-25(27)24(31-22)23-12-21(32-34-23)18-9-7-16(8-10-18)13-28-3/h7-10,12,15,17,19-20,28H,4-6,11,13-14H2,1-3H3,(H2,27,29)(H,30,33). The Morgan fingerprint density at radius 1 is 1.26 bits per heavy atom. The molecule has 3 atom stereocenters. The van der Waals surface area contributed by atoms with Crippen LogP contribution >= 0.6 is 0 Å². The number of nitrogen functional groups attached to an aromatic ring is 1. The van der Waals surface area contributed by atoms with Crippen molar-refractivity contribution < 1.29 is 9.32 Å². The number of carbonyl (C=O) groups is 1. The molecule has 1 aliphatic heterocycles. The molecule has 4 rings (SSSR count). The minimum Gasteiger partial charge on any atom is -0.382 e. The molecule has 1 amide bonds. The topological polar surface area (TPSA) is 119 Å². The molecule has 3 aromatic rings. The first-order valence-electron chi connectivity index (χ1n) is 12.1. The van der Waals surface area contributed by atoms with E-state index >= 15 is 0 Å². The van der Waals surface area contributed by atoms with Gasteiger partial charge < -0.3 is 20.9 Å². The Balaban J connectivity index is 1.56. The molecule has 4 N–H and O–H groups in total. The number of nitrogens with one attached hydrogen (secondary N) is 2. The van der Waals surface area contributed by atoms with Crippen LogP contribution in [0.1, 0.15) is 56.7 Å². The third-order valence-corrected chi connectivity index (χ3v) is 6.76. The number of hydrogen-bond donors (Lipinski definition) is 3. The number of nitrogens with two attached hydrogens (primary N) is 1. The highest BCUT2D eigenvalue weighted by molar-refractivity contribution is 5.80. The lowest BCUT2D eigenvalue weighted by Gasteiger charge is -2.33. The summed E-state index contributed by atoms with van der Waals surface area (Å²) in [5.41, 5.74) is 10.3. The number of amides is 1. The van der Waals surface area contributed by atoms with Gasteiger partial charge in [0.05, 0.1) is 11.9 Å². The van der Waals surface area contributed by atoms with Gasteiger partial charge in [-0.15, -0.1) is 0 Å². The van der Waals surface area contributed by atoms with Crippen LogP contribution in [0.5, 0.6) is 0 Å². The molecule has 1 aliphatic rings. The lowest BCUT2D eigenvalue weighted by Crippen LogP contribution is -2.43. The van der Waals surface area contributed by atoms with E-state index in [-0.39, 0.29) is 17.7 Å². The highest BCUT2D eigenvalue weighted by Crippen LogP contribution is 2.35. The van der Waals surface area contributed by atoms with Crippen molar-refractivity contribution in [3.05, 3.63) is 47.8 Å². The molecule has 8 nitrogen and oxygen atoms in total. The minimum atomic E-state index is -0.00531. The highest BCUT2D eigenvalue weighted by atomic mass is 16.5. The van der Waals surface area contributed by atoms with Gasteiger partial charge in [-0.2, -0.15) is 0 Å². The van der Waals surface area contributed by atoms with Gasteiger partial charge in [0.1, 0.15) is 5.69 Å². The van der Waals surface area contributed by atoms with E-state index in [0.717, 1.165) is 43.5 Å². The molecule has 1 fully saturated rings. The van der Waals surface area contributed by atoms with Crippen LogP contribution in [0.25, 0.3) is 22.7 Å². The van der Waals surface area contributed by atoms with Gasteiger partial charge in [0.15, 0.2) is 17.3 Å². The first-order valence-corrected chi connectivity index (χ1v) is 12.1. The van der Waals surface area contributed by atoms with Crippen LogP contribution in [-0.4, -0.2) is 34.6 Å². The summed E-state index contributed by atoms with van der Waals surface area (Å²) in [7, 11) is 1.92. The zero-order valence-corrected chi connectivity index (χ0v) is 20.2. The summed E-state index contributed by atoms with van der Waals surface area (Å²) in [5.74, 6) is 1.39. The van der Waals surface area contributed by atoms with E-state index in [4.69, 9.17) is 15.2 Å². The predicted octanol–water partition coefficient (Wildman–Crippen LogP) is 4.15. The second-order valence-corrected chi connectivity index (χ2v) is 9.07. The maximum absolute atomic E-state index is 12.6. The largest absolute Gasteiger partial charge is 0.382 e. The fourth-order valence-electron chi connectivity index (χ4n) is 4.85. The van der Waals surface area contributed by atoms with Crippen molar-refractivity contribution in [2.45, 2.75) is 52.0 Å². The molecule has 3 unspecified atom stereocenters. The number of rotatable bonds is 9. The molecule has 0 bridgehead atoms. The van der Waals surface area contributed by atoms with Gasteiger partial charge in [-0.1, -0.05) is 56.1 Å². The molecule has 8 heteroatoms. The van der Waals surface area contributed by atoms with Crippen LogP contribution in [0.3, 0.4) is 0 Å². The smallest absolute Gasteiger partial charge is 0.223 e. The Hall–Kier alpha value is -3.26. The summed E-state index contributed by atoms with van der Waals surface area (Å²) in [4.78, 5) is 21.8. The van der Waals surface area contributed by atoms with Crippen molar-refractivity contribution in [2.24, 2.45) is 11.8 Å². The fraction of sp³-hybridized carbons (Fsp3) is 0.462. The summed E-state index contributed by atoms with van der Waals surface area (Å²) in [6.45, 7) is 5.69. The van der Waals surface area contributed by atoms with Crippen LogP contribution in [0, 0.1) is 11.8 Å². The summed E-state index contributed by atoms with van der Waals surface area (Å²) in [6.07, 6.45) is 5.61. The lowest BCUT2D eigenvalue weighted by atomic mass is 9.77. The predicted molar refractivity (Wildman–Crippen MR) is 133 cm³/mol. The van der Waals surface area contributed by atoms with Crippen LogP contribution in [0.2, 0.25) is 0 Å². The van der Waals surface area contributed by atoms with Crippen LogP contribution < -0.4 is 16.4 Å². The van der Waals surface area contributed by atoms with E-state index in [1.165, 1.54) is 5.56 Å². The summed E-state index contributed by atoms with van der Waals surface area (Å²) in [6, 6.07) is 10.0. The molecule has 0 radical (unpaired) electrons. The molecule has 180 valence electrons. The highest BCUT2D eigenvalue weighted by Gasteiger charge is 2.35. The molecule has 2 aromatic heterocycles. The molecule has 1 aromatic carbocycles. The maximum atomic E-state index is 12.6. The Morgan fingerprint density at radius 3 is 2.76 bits per heavy atom. The van der Waals surface area contributed by atoms with Crippen molar-refractivity contribution in [3.8, 4) is 22.7 Å². The van der Waals surface area contributed by atoms with Gasteiger partial charge in [0.2, 0.25) is 5.91 Å². The van der Waals surface area contributed by atoms with Crippen molar-refractivity contribution in [3.63, 3.8) is 0 Å². The quantitative estimate of drug-likeness (QED) is 0.437. The molecule has 1 saturated heterocycles. The number of carbonyl (C=O) groups excluding carboxylic acids is 1. The minimum absolute atomic E-state index is 0.00531. The third-order valence-electron chi connectivity index (χ3n) is 6.76. The van der Waals surface area contributed by atoms with Crippen LogP contribution in [0.4, 0.5) is 5.82 Å². The number of piperidine rings is 1. The third kappa shape index (κ3) is 5.12. The van der Waals surface area contributed by atoms with Gasteiger partial charge in [0, 0.05) is 36.6 Å².